The summed E-state index contributed by atoms with van der Waals surface area (Å²) >= 11 is 0. The normalized spacial score (nSPS) is 14.8. The highest BCUT2D eigenvalue weighted by atomic mass is 16.5. The van der Waals surface area contributed by atoms with Gasteiger partial charge in [0, 0.05) is 41.2 Å². The first-order valence-electron chi connectivity index (χ1n) is 11.5. The molecular formula is C27H29N3O2. The highest BCUT2D eigenvalue weighted by molar-refractivity contribution is 5.97. The van der Waals surface area contributed by atoms with Crippen molar-refractivity contribution < 1.29 is 9.32 Å². The van der Waals surface area contributed by atoms with E-state index in [4.69, 9.17) is 9.51 Å². The van der Waals surface area contributed by atoms with E-state index < -0.39 is 0 Å². The summed E-state index contributed by atoms with van der Waals surface area (Å²) in [6, 6.07) is 10.1. The molecule has 5 nitrogen and oxygen atoms in total. The second-order valence-electron chi connectivity index (χ2n) is 9.12. The fourth-order valence-electron chi connectivity index (χ4n) is 5.09. The molecule has 0 radical (unpaired) electrons. The Hall–Kier alpha value is -3.21. The lowest BCUT2D eigenvalue weighted by Gasteiger charge is -2.22. The molecule has 1 aliphatic carbocycles. The summed E-state index contributed by atoms with van der Waals surface area (Å²) in [5.74, 6) is 1.60. The second-order valence-corrected chi connectivity index (χ2v) is 9.12. The van der Waals surface area contributed by atoms with Gasteiger partial charge in [0.2, 0.25) is 0 Å². The maximum absolute atomic E-state index is 11.7. The van der Waals surface area contributed by atoms with Crippen LogP contribution in [0.3, 0.4) is 0 Å². The van der Waals surface area contributed by atoms with Gasteiger partial charge in [-0.05, 0) is 51.2 Å². The summed E-state index contributed by atoms with van der Waals surface area (Å²) in [7, 11) is 0. The van der Waals surface area contributed by atoms with Crippen LogP contribution < -0.4 is 0 Å². The summed E-state index contributed by atoms with van der Waals surface area (Å²) in [4.78, 5) is 16.6. The molecule has 1 aliphatic rings. The molecule has 4 aromatic rings. The van der Waals surface area contributed by atoms with E-state index >= 15 is 0 Å². The molecule has 0 unspecified atom stereocenters. The Morgan fingerprint density at radius 2 is 1.84 bits per heavy atom. The van der Waals surface area contributed by atoms with E-state index in [0.29, 0.717) is 5.92 Å². The van der Waals surface area contributed by atoms with Gasteiger partial charge in [-0.1, -0.05) is 48.7 Å². The van der Waals surface area contributed by atoms with Crippen molar-refractivity contribution in [1.82, 2.24) is 14.7 Å². The first-order chi connectivity index (χ1) is 15.5. The van der Waals surface area contributed by atoms with E-state index in [1.54, 1.807) is 6.92 Å². The average molecular weight is 428 g/mol. The minimum atomic E-state index is 0.0819. The zero-order valence-corrected chi connectivity index (χ0v) is 19.0. The Morgan fingerprint density at radius 1 is 1.09 bits per heavy atom. The van der Waals surface area contributed by atoms with Crippen LogP contribution in [0.5, 0.6) is 0 Å². The van der Waals surface area contributed by atoms with Crippen LogP contribution in [0.25, 0.3) is 33.3 Å². The molecule has 1 saturated carbocycles. The van der Waals surface area contributed by atoms with Gasteiger partial charge >= 0.3 is 0 Å². The van der Waals surface area contributed by atoms with Crippen molar-refractivity contribution in [2.75, 3.05) is 0 Å². The number of ketones is 1. The Morgan fingerprint density at radius 3 is 2.50 bits per heavy atom. The molecule has 5 heteroatoms. The molecule has 1 aromatic carbocycles. The van der Waals surface area contributed by atoms with Gasteiger partial charge in [0.25, 0.3) is 0 Å². The van der Waals surface area contributed by atoms with Crippen molar-refractivity contribution in [2.45, 2.75) is 59.4 Å². The van der Waals surface area contributed by atoms with E-state index in [-0.39, 0.29) is 5.78 Å². The molecule has 0 spiro atoms. The molecular weight excluding hydrogens is 398 g/mol. The van der Waals surface area contributed by atoms with Crippen molar-refractivity contribution in [2.24, 2.45) is 5.92 Å². The van der Waals surface area contributed by atoms with Crippen molar-refractivity contribution >= 4 is 16.8 Å². The summed E-state index contributed by atoms with van der Waals surface area (Å²) in [6.45, 7) is 6.53. The molecule has 3 aromatic heterocycles. The zero-order valence-electron chi connectivity index (χ0n) is 19.0. The smallest absolute Gasteiger partial charge is 0.159 e. The van der Waals surface area contributed by atoms with Crippen LogP contribution in [0.15, 0.2) is 47.2 Å². The summed E-state index contributed by atoms with van der Waals surface area (Å²) in [5, 5.41) is 4.13. The third kappa shape index (κ3) is 3.77. The lowest BCUT2D eigenvalue weighted by molar-refractivity contribution is 0.101. The Kier molecular flexibility index (Phi) is 5.41. The average Bonchev–Trinajstić information content (AvgIpc) is 3.33. The summed E-state index contributed by atoms with van der Waals surface area (Å²) in [6.07, 6.45) is 10.8. The molecule has 32 heavy (non-hydrogen) atoms. The van der Waals surface area contributed by atoms with Gasteiger partial charge < -0.3 is 9.09 Å². The number of carbonyl (C=O) groups excluding carboxylic acids is 1. The fraction of sp³-hybridized carbons (Fsp3) is 0.370. The van der Waals surface area contributed by atoms with Crippen LogP contribution in [0, 0.1) is 19.8 Å². The molecule has 1 fully saturated rings. The maximum Gasteiger partial charge on any atom is 0.159 e. The highest BCUT2D eigenvalue weighted by Crippen LogP contribution is 2.35. The number of aromatic nitrogens is 3. The molecule has 0 amide bonds. The van der Waals surface area contributed by atoms with Gasteiger partial charge in [-0.3, -0.25) is 9.78 Å². The Labute approximate surface area is 188 Å². The fourth-order valence-corrected chi connectivity index (χ4v) is 5.09. The number of rotatable bonds is 5. The van der Waals surface area contributed by atoms with Crippen LogP contribution in [-0.2, 0) is 6.54 Å². The van der Waals surface area contributed by atoms with Gasteiger partial charge in [0.05, 0.1) is 16.7 Å². The second kappa shape index (κ2) is 8.38. The van der Waals surface area contributed by atoms with E-state index in [9.17, 15) is 4.79 Å². The Bertz CT molecular complexity index is 1250. The minimum absolute atomic E-state index is 0.0819. The number of hydrogen-bond donors (Lipinski definition) is 0. The minimum Gasteiger partial charge on any atom is -0.361 e. The summed E-state index contributed by atoms with van der Waals surface area (Å²) in [5.41, 5.74) is 8.00. The van der Waals surface area contributed by atoms with Gasteiger partial charge in [0.1, 0.15) is 5.76 Å². The van der Waals surface area contributed by atoms with Crippen LogP contribution in [-0.4, -0.2) is 20.5 Å². The largest absolute Gasteiger partial charge is 0.361 e. The molecule has 0 N–H and O–H groups in total. The number of hydrogen-bond acceptors (Lipinski definition) is 4. The monoisotopic (exact) mass is 427 g/mol. The molecule has 5 rings (SSSR count). The van der Waals surface area contributed by atoms with E-state index in [1.165, 1.54) is 32.1 Å². The highest BCUT2D eigenvalue weighted by Gasteiger charge is 2.20. The lowest BCUT2D eigenvalue weighted by Crippen LogP contribution is -2.13. The van der Waals surface area contributed by atoms with E-state index in [2.05, 4.69) is 22.0 Å². The number of pyridine rings is 1. The van der Waals surface area contributed by atoms with Crippen LogP contribution in [0.2, 0.25) is 0 Å². The van der Waals surface area contributed by atoms with Crippen molar-refractivity contribution in [3.63, 3.8) is 0 Å². The van der Waals surface area contributed by atoms with E-state index in [1.807, 2.05) is 44.3 Å². The topological polar surface area (TPSA) is 60.9 Å². The van der Waals surface area contributed by atoms with E-state index in [0.717, 1.165) is 56.8 Å². The predicted octanol–water partition coefficient (Wildman–Crippen LogP) is 6.76. The van der Waals surface area contributed by atoms with Crippen molar-refractivity contribution in [3.8, 4) is 22.3 Å². The zero-order chi connectivity index (χ0) is 22.2. The molecule has 0 saturated heterocycles. The summed E-state index contributed by atoms with van der Waals surface area (Å²) < 4.78 is 7.79. The van der Waals surface area contributed by atoms with Gasteiger partial charge in [-0.15, -0.1) is 0 Å². The third-order valence-corrected chi connectivity index (χ3v) is 6.82. The first kappa shape index (κ1) is 20.7. The molecule has 0 atom stereocenters. The number of Topliss-reactive ketones (excluding diaryl/α,β-unsaturated/α-hetero) is 1. The molecule has 164 valence electrons. The number of nitrogens with zero attached hydrogens (tertiary/aromatic N) is 3. The molecule has 3 heterocycles. The quantitative estimate of drug-likeness (QED) is 0.330. The number of fused-ring (bicyclic) bond motifs is 1. The number of carbonyl (C=O) groups is 1. The standard InChI is InChI=1S/C27H29N3O2/c1-17-26(19(3)32-29-17)23-13-25-27(28-14-23)24(22-11-9-21(10-12-22)18(2)31)16-30(25)15-20-7-5-4-6-8-20/h9-14,16,20H,4-8,15H2,1-3H3. The molecule has 0 aliphatic heterocycles. The van der Waals surface area contributed by atoms with Crippen molar-refractivity contribution in [3.05, 3.63) is 59.7 Å². The van der Waals surface area contributed by atoms with Crippen LogP contribution in [0.1, 0.15) is 60.8 Å². The van der Waals surface area contributed by atoms with Crippen LogP contribution >= 0.6 is 0 Å². The number of aryl methyl sites for hydroxylation is 2. The van der Waals surface area contributed by atoms with Gasteiger partial charge in [-0.25, -0.2) is 0 Å². The van der Waals surface area contributed by atoms with Crippen LogP contribution in [0.4, 0.5) is 0 Å². The molecule has 0 bridgehead atoms. The van der Waals surface area contributed by atoms with Crippen molar-refractivity contribution in [1.29, 1.82) is 0 Å². The third-order valence-electron chi connectivity index (χ3n) is 6.82. The lowest BCUT2D eigenvalue weighted by atomic mass is 9.89. The first-order valence-corrected chi connectivity index (χ1v) is 11.5. The SMILES string of the molecule is CC(=O)c1ccc(-c2cn(CC3CCCCC3)c3cc(-c4c(C)noc4C)cnc23)cc1. The van der Waals surface area contributed by atoms with Gasteiger partial charge in [-0.2, -0.15) is 0 Å². The Balaban J connectivity index is 1.63. The predicted molar refractivity (Wildman–Crippen MR) is 127 cm³/mol. The maximum atomic E-state index is 11.7. The van der Waals surface area contributed by atoms with Gasteiger partial charge in [0.15, 0.2) is 5.78 Å². The number of benzene rings is 1.